The summed E-state index contributed by atoms with van der Waals surface area (Å²) < 4.78 is 27.7. The lowest BCUT2D eigenvalue weighted by Gasteiger charge is -2.16. The number of nitrogens with two attached hydrogens (primary N) is 1. The van der Waals surface area contributed by atoms with Crippen molar-refractivity contribution in [2.75, 3.05) is 12.8 Å². The Labute approximate surface area is 122 Å². The lowest BCUT2D eigenvalue weighted by molar-refractivity contribution is 0.466. The molecule has 1 aromatic carbocycles. The fraction of sp³-hybridized carbons (Fsp3) is 0.250. The lowest BCUT2D eigenvalue weighted by atomic mass is 10.3. The van der Waals surface area contributed by atoms with Gasteiger partial charge in [-0.3, -0.25) is 4.68 Å². The largest absolute Gasteiger partial charge is 0.397 e. The summed E-state index contributed by atoms with van der Waals surface area (Å²) in [6.07, 6.45) is 3.39. The normalized spacial score (nSPS) is 12.0. The summed E-state index contributed by atoms with van der Waals surface area (Å²) in [6.45, 7) is 0.235. The third kappa shape index (κ3) is 2.95. The van der Waals surface area contributed by atoms with Crippen molar-refractivity contribution >= 4 is 27.3 Å². The van der Waals surface area contributed by atoms with Crippen LogP contribution in [0.2, 0.25) is 5.02 Å². The molecule has 0 saturated heterocycles. The number of anilines is 1. The van der Waals surface area contributed by atoms with E-state index in [1.807, 2.05) is 0 Å². The predicted octanol–water partition coefficient (Wildman–Crippen LogP) is 1.48. The van der Waals surface area contributed by atoms with E-state index in [4.69, 9.17) is 17.3 Å². The standard InChI is InChI=1S/C12H15ClN4O2S/c1-16-7-9(6-15-16)8-17(2)20(18,19)10-3-4-11(13)12(14)5-10/h3-7H,8,14H2,1-2H3. The molecule has 0 bridgehead atoms. The first kappa shape index (κ1) is 14.8. The minimum Gasteiger partial charge on any atom is -0.397 e. The van der Waals surface area contributed by atoms with Gasteiger partial charge in [-0.1, -0.05) is 11.6 Å². The van der Waals surface area contributed by atoms with E-state index < -0.39 is 10.0 Å². The zero-order valence-electron chi connectivity index (χ0n) is 11.1. The number of aromatic nitrogens is 2. The Bertz CT molecular complexity index is 727. The Morgan fingerprint density at radius 2 is 2.15 bits per heavy atom. The molecule has 0 saturated carbocycles. The van der Waals surface area contributed by atoms with E-state index in [1.54, 1.807) is 24.1 Å². The van der Waals surface area contributed by atoms with Crippen LogP contribution in [-0.4, -0.2) is 29.6 Å². The average Bonchev–Trinajstić information content (AvgIpc) is 2.78. The quantitative estimate of drug-likeness (QED) is 0.867. The Kier molecular flexibility index (Phi) is 4.03. The average molecular weight is 315 g/mol. The molecule has 0 unspecified atom stereocenters. The van der Waals surface area contributed by atoms with E-state index in [2.05, 4.69) is 5.10 Å². The zero-order valence-corrected chi connectivity index (χ0v) is 12.7. The molecule has 108 valence electrons. The first-order valence-electron chi connectivity index (χ1n) is 5.79. The SMILES string of the molecule is CN(Cc1cnn(C)c1)S(=O)(=O)c1ccc(Cl)c(N)c1. The molecule has 0 amide bonds. The van der Waals surface area contributed by atoms with Crippen molar-refractivity contribution in [1.82, 2.24) is 14.1 Å². The Morgan fingerprint density at radius 1 is 1.45 bits per heavy atom. The molecular formula is C12H15ClN4O2S. The topological polar surface area (TPSA) is 81.2 Å². The predicted molar refractivity (Wildman–Crippen MR) is 77.7 cm³/mol. The van der Waals surface area contributed by atoms with Crippen LogP contribution in [0.15, 0.2) is 35.5 Å². The number of nitrogen functional groups attached to an aromatic ring is 1. The van der Waals surface area contributed by atoms with Gasteiger partial charge in [-0.05, 0) is 18.2 Å². The molecule has 0 atom stereocenters. The summed E-state index contributed by atoms with van der Waals surface area (Å²) in [4.78, 5) is 0.116. The van der Waals surface area contributed by atoms with Crippen LogP contribution in [0.25, 0.3) is 0 Å². The van der Waals surface area contributed by atoms with Gasteiger partial charge in [0.1, 0.15) is 0 Å². The maximum absolute atomic E-state index is 12.4. The fourth-order valence-corrected chi connectivity index (χ4v) is 3.07. The van der Waals surface area contributed by atoms with Crippen LogP contribution in [0.5, 0.6) is 0 Å². The van der Waals surface area contributed by atoms with Gasteiger partial charge in [0.05, 0.1) is 21.8 Å². The summed E-state index contributed by atoms with van der Waals surface area (Å²) in [5, 5.41) is 4.34. The summed E-state index contributed by atoms with van der Waals surface area (Å²) in [6, 6.07) is 4.27. The molecule has 0 spiro atoms. The Balaban J connectivity index is 2.27. The minimum absolute atomic E-state index is 0.116. The van der Waals surface area contributed by atoms with Crippen LogP contribution in [0.3, 0.4) is 0 Å². The van der Waals surface area contributed by atoms with Gasteiger partial charge in [0.2, 0.25) is 10.0 Å². The monoisotopic (exact) mass is 314 g/mol. The number of nitrogens with zero attached hydrogens (tertiary/aromatic N) is 3. The maximum atomic E-state index is 12.4. The fourth-order valence-electron chi connectivity index (χ4n) is 1.76. The number of hydrogen-bond donors (Lipinski definition) is 1. The van der Waals surface area contributed by atoms with E-state index in [0.29, 0.717) is 5.02 Å². The number of halogens is 1. The number of benzene rings is 1. The van der Waals surface area contributed by atoms with Gasteiger partial charge in [-0.15, -0.1) is 0 Å². The van der Waals surface area contributed by atoms with E-state index in [9.17, 15) is 8.42 Å². The molecule has 2 aromatic rings. The molecule has 0 aliphatic rings. The zero-order chi connectivity index (χ0) is 14.9. The molecule has 0 fully saturated rings. The highest BCUT2D eigenvalue weighted by Gasteiger charge is 2.22. The highest BCUT2D eigenvalue weighted by molar-refractivity contribution is 7.89. The molecular weight excluding hydrogens is 300 g/mol. The second-order valence-corrected chi connectivity index (χ2v) is 6.92. The Morgan fingerprint density at radius 3 is 2.70 bits per heavy atom. The van der Waals surface area contributed by atoms with Gasteiger partial charge in [-0.2, -0.15) is 9.40 Å². The van der Waals surface area contributed by atoms with Gasteiger partial charge in [0.25, 0.3) is 0 Å². The van der Waals surface area contributed by atoms with Gasteiger partial charge >= 0.3 is 0 Å². The van der Waals surface area contributed by atoms with Crippen molar-refractivity contribution in [3.05, 3.63) is 41.2 Å². The number of rotatable bonds is 4. The second-order valence-electron chi connectivity index (χ2n) is 4.47. The molecule has 1 aromatic heterocycles. The molecule has 0 radical (unpaired) electrons. The molecule has 1 heterocycles. The van der Waals surface area contributed by atoms with Gasteiger partial charge < -0.3 is 5.73 Å². The maximum Gasteiger partial charge on any atom is 0.243 e. The van der Waals surface area contributed by atoms with Crippen molar-refractivity contribution in [2.24, 2.45) is 7.05 Å². The Hall–Kier alpha value is -1.57. The van der Waals surface area contributed by atoms with E-state index in [-0.39, 0.29) is 17.1 Å². The summed E-state index contributed by atoms with van der Waals surface area (Å²) in [5.74, 6) is 0. The first-order chi connectivity index (χ1) is 9.30. The van der Waals surface area contributed by atoms with Crippen molar-refractivity contribution < 1.29 is 8.42 Å². The molecule has 0 aliphatic heterocycles. The number of hydrogen-bond acceptors (Lipinski definition) is 4. The first-order valence-corrected chi connectivity index (χ1v) is 7.61. The molecule has 8 heteroatoms. The smallest absolute Gasteiger partial charge is 0.243 e. The van der Waals surface area contributed by atoms with Gasteiger partial charge in [0, 0.05) is 32.4 Å². The van der Waals surface area contributed by atoms with Crippen LogP contribution in [0, 0.1) is 0 Å². The highest BCUT2D eigenvalue weighted by Crippen LogP contribution is 2.24. The molecule has 2 rings (SSSR count). The molecule has 2 N–H and O–H groups in total. The van der Waals surface area contributed by atoms with E-state index in [1.165, 1.54) is 29.6 Å². The third-order valence-electron chi connectivity index (χ3n) is 2.84. The minimum atomic E-state index is -3.61. The summed E-state index contributed by atoms with van der Waals surface area (Å²) >= 11 is 5.80. The van der Waals surface area contributed by atoms with Crippen molar-refractivity contribution in [3.63, 3.8) is 0 Å². The van der Waals surface area contributed by atoms with Crippen molar-refractivity contribution in [1.29, 1.82) is 0 Å². The second kappa shape index (κ2) is 5.43. The van der Waals surface area contributed by atoms with Crippen LogP contribution < -0.4 is 5.73 Å². The molecule has 20 heavy (non-hydrogen) atoms. The van der Waals surface area contributed by atoms with Crippen LogP contribution in [0.4, 0.5) is 5.69 Å². The number of sulfonamides is 1. The molecule has 0 aliphatic carbocycles. The van der Waals surface area contributed by atoms with Gasteiger partial charge in [0.15, 0.2) is 0 Å². The third-order valence-corrected chi connectivity index (χ3v) is 4.98. The van der Waals surface area contributed by atoms with E-state index in [0.717, 1.165) is 5.56 Å². The van der Waals surface area contributed by atoms with Crippen molar-refractivity contribution in [3.8, 4) is 0 Å². The molecule has 6 nitrogen and oxygen atoms in total. The number of aryl methyl sites for hydroxylation is 1. The summed E-state index contributed by atoms with van der Waals surface area (Å²) in [7, 11) is -0.327. The van der Waals surface area contributed by atoms with Gasteiger partial charge in [-0.25, -0.2) is 8.42 Å². The van der Waals surface area contributed by atoms with Crippen LogP contribution in [0.1, 0.15) is 5.56 Å². The van der Waals surface area contributed by atoms with Crippen molar-refractivity contribution in [2.45, 2.75) is 11.4 Å². The van der Waals surface area contributed by atoms with Crippen LogP contribution in [-0.2, 0) is 23.6 Å². The van der Waals surface area contributed by atoms with Crippen LogP contribution >= 0.6 is 11.6 Å². The summed E-state index contributed by atoms with van der Waals surface area (Å²) in [5.41, 5.74) is 6.69. The van der Waals surface area contributed by atoms with E-state index >= 15 is 0 Å². The lowest BCUT2D eigenvalue weighted by Crippen LogP contribution is -2.26. The highest BCUT2D eigenvalue weighted by atomic mass is 35.5.